The summed E-state index contributed by atoms with van der Waals surface area (Å²) in [4.78, 5) is 26.6. The molecular weight excluding hydrogens is 336 g/mol. The molecule has 4 nitrogen and oxygen atoms in total. The van der Waals surface area contributed by atoms with Crippen LogP contribution in [0, 0.1) is 0 Å². The van der Waals surface area contributed by atoms with Gasteiger partial charge in [0.2, 0.25) is 0 Å². The molecule has 0 aromatic heterocycles. The van der Waals surface area contributed by atoms with E-state index in [0.29, 0.717) is 17.7 Å². The third-order valence-corrected chi connectivity index (χ3v) is 5.06. The summed E-state index contributed by atoms with van der Waals surface area (Å²) in [7, 11) is 0. The molecule has 0 aliphatic carbocycles. The first kappa shape index (κ1) is 19.2. The van der Waals surface area contributed by atoms with Crippen LogP contribution in [0.3, 0.4) is 0 Å². The molecule has 27 heavy (non-hydrogen) atoms. The van der Waals surface area contributed by atoms with Crippen molar-refractivity contribution in [2.45, 2.75) is 45.6 Å². The number of carbonyl (C=O) groups excluding carboxylic acids is 2. The van der Waals surface area contributed by atoms with E-state index in [9.17, 15) is 9.59 Å². The predicted octanol–water partition coefficient (Wildman–Crippen LogP) is 4.15. The van der Waals surface area contributed by atoms with Crippen molar-refractivity contribution in [3.8, 4) is 0 Å². The quantitative estimate of drug-likeness (QED) is 0.886. The Morgan fingerprint density at radius 3 is 2.00 bits per heavy atom. The average molecular weight is 364 g/mol. The van der Waals surface area contributed by atoms with Crippen LogP contribution in [0.5, 0.6) is 0 Å². The molecule has 1 N–H and O–H groups in total. The van der Waals surface area contributed by atoms with E-state index >= 15 is 0 Å². The van der Waals surface area contributed by atoms with Crippen molar-refractivity contribution < 1.29 is 9.59 Å². The lowest BCUT2D eigenvalue weighted by Gasteiger charge is -2.19. The smallest absolute Gasteiger partial charge is 0.253 e. The number of rotatable bonds is 4. The van der Waals surface area contributed by atoms with E-state index in [1.54, 1.807) is 0 Å². The van der Waals surface area contributed by atoms with Gasteiger partial charge in [0.25, 0.3) is 11.8 Å². The Kier molecular flexibility index (Phi) is 5.64. The van der Waals surface area contributed by atoms with Crippen LogP contribution in [-0.2, 0) is 12.0 Å². The first-order valence-corrected chi connectivity index (χ1v) is 9.61. The Bertz CT molecular complexity index is 796. The van der Waals surface area contributed by atoms with Crippen LogP contribution in [-0.4, -0.2) is 29.8 Å². The molecule has 2 aromatic rings. The van der Waals surface area contributed by atoms with E-state index in [4.69, 9.17) is 0 Å². The molecule has 3 rings (SSSR count). The van der Waals surface area contributed by atoms with Gasteiger partial charge in [-0.1, -0.05) is 45.0 Å². The molecule has 0 saturated carbocycles. The van der Waals surface area contributed by atoms with E-state index in [0.717, 1.165) is 31.5 Å². The van der Waals surface area contributed by atoms with Crippen LogP contribution < -0.4 is 5.32 Å². The lowest BCUT2D eigenvalue weighted by Crippen LogP contribution is -2.27. The Hall–Kier alpha value is -2.62. The summed E-state index contributed by atoms with van der Waals surface area (Å²) >= 11 is 0. The fraction of sp³-hybridized carbons (Fsp3) is 0.391. The summed E-state index contributed by atoms with van der Waals surface area (Å²) in [6.45, 7) is 8.61. The number of amides is 2. The highest BCUT2D eigenvalue weighted by Gasteiger charge is 2.19. The van der Waals surface area contributed by atoms with Gasteiger partial charge in [-0.05, 0) is 53.6 Å². The molecule has 0 spiro atoms. The number of nitrogens with zero attached hydrogens (tertiary/aromatic N) is 1. The van der Waals surface area contributed by atoms with Gasteiger partial charge in [-0.15, -0.1) is 0 Å². The predicted molar refractivity (Wildman–Crippen MR) is 108 cm³/mol. The van der Waals surface area contributed by atoms with E-state index in [-0.39, 0.29) is 17.2 Å². The van der Waals surface area contributed by atoms with Crippen molar-refractivity contribution >= 4 is 11.8 Å². The van der Waals surface area contributed by atoms with Gasteiger partial charge in [0, 0.05) is 30.8 Å². The SMILES string of the molecule is CC(C)(C)c1ccc(C(=O)NCc2ccc(C(=O)N3CCCC3)cc2)cc1. The topological polar surface area (TPSA) is 49.4 Å². The molecule has 1 heterocycles. The van der Waals surface area contributed by atoms with Crippen LogP contribution in [0.25, 0.3) is 0 Å². The third kappa shape index (κ3) is 4.76. The molecule has 1 saturated heterocycles. The van der Waals surface area contributed by atoms with Gasteiger partial charge in [-0.2, -0.15) is 0 Å². The molecule has 2 aromatic carbocycles. The second-order valence-electron chi connectivity index (χ2n) is 8.21. The second kappa shape index (κ2) is 7.95. The minimum Gasteiger partial charge on any atom is -0.348 e. The Labute approximate surface area is 161 Å². The fourth-order valence-corrected chi connectivity index (χ4v) is 3.27. The number of benzene rings is 2. The summed E-state index contributed by atoms with van der Waals surface area (Å²) < 4.78 is 0. The molecule has 142 valence electrons. The highest BCUT2D eigenvalue weighted by Crippen LogP contribution is 2.22. The van der Waals surface area contributed by atoms with Crippen molar-refractivity contribution in [2.24, 2.45) is 0 Å². The van der Waals surface area contributed by atoms with Crippen LogP contribution >= 0.6 is 0 Å². The highest BCUT2D eigenvalue weighted by molar-refractivity contribution is 5.95. The van der Waals surface area contributed by atoms with Crippen molar-refractivity contribution in [1.82, 2.24) is 10.2 Å². The van der Waals surface area contributed by atoms with Crippen molar-refractivity contribution in [1.29, 1.82) is 0 Å². The van der Waals surface area contributed by atoms with Crippen LogP contribution in [0.2, 0.25) is 0 Å². The Morgan fingerprint density at radius 1 is 0.889 bits per heavy atom. The van der Waals surface area contributed by atoms with Gasteiger partial charge in [-0.25, -0.2) is 0 Å². The third-order valence-electron chi connectivity index (χ3n) is 5.06. The van der Waals surface area contributed by atoms with Gasteiger partial charge in [0.15, 0.2) is 0 Å². The maximum absolute atomic E-state index is 12.4. The molecule has 0 unspecified atom stereocenters. The van der Waals surface area contributed by atoms with E-state index in [1.165, 1.54) is 5.56 Å². The first-order chi connectivity index (χ1) is 12.8. The molecule has 1 fully saturated rings. The molecule has 2 amide bonds. The minimum atomic E-state index is -0.0901. The van der Waals surface area contributed by atoms with Crippen LogP contribution in [0.15, 0.2) is 48.5 Å². The number of likely N-dealkylation sites (tertiary alicyclic amines) is 1. The molecular formula is C23H28N2O2. The van der Waals surface area contributed by atoms with Crippen molar-refractivity contribution in [3.63, 3.8) is 0 Å². The lowest BCUT2D eigenvalue weighted by atomic mass is 9.87. The van der Waals surface area contributed by atoms with Crippen molar-refractivity contribution in [3.05, 3.63) is 70.8 Å². The van der Waals surface area contributed by atoms with Gasteiger partial charge in [0.1, 0.15) is 0 Å². The van der Waals surface area contributed by atoms with Gasteiger partial charge in [0.05, 0.1) is 0 Å². The fourth-order valence-electron chi connectivity index (χ4n) is 3.27. The van der Waals surface area contributed by atoms with Crippen molar-refractivity contribution in [2.75, 3.05) is 13.1 Å². The number of hydrogen-bond donors (Lipinski definition) is 1. The maximum Gasteiger partial charge on any atom is 0.253 e. The Balaban J connectivity index is 1.56. The molecule has 1 aliphatic heterocycles. The summed E-state index contributed by atoms with van der Waals surface area (Å²) in [5, 5.41) is 2.94. The normalized spacial score (nSPS) is 14.3. The van der Waals surface area contributed by atoms with Gasteiger partial charge in [-0.3, -0.25) is 9.59 Å². The zero-order valence-corrected chi connectivity index (χ0v) is 16.4. The number of hydrogen-bond acceptors (Lipinski definition) is 2. The second-order valence-corrected chi connectivity index (χ2v) is 8.21. The number of carbonyl (C=O) groups is 2. The van der Waals surface area contributed by atoms with Gasteiger partial charge >= 0.3 is 0 Å². The van der Waals surface area contributed by atoms with Crippen LogP contribution in [0.4, 0.5) is 0 Å². The Morgan fingerprint density at radius 2 is 1.44 bits per heavy atom. The summed E-state index contributed by atoms with van der Waals surface area (Å²) in [6.07, 6.45) is 2.18. The summed E-state index contributed by atoms with van der Waals surface area (Å²) in [5.74, 6) is 0.00898. The monoisotopic (exact) mass is 364 g/mol. The zero-order valence-electron chi connectivity index (χ0n) is 16.4. The average Bonchev–Trinajstić information content (AvgIpc) is 3.20. The lowest BCUT2D eigenvalue weighted by molar-refractivity contribution is 0.0792. The summed E-state index contributed by atoms with van der Waals surface area (Å²) in [6, 6.07) is 15.3. The molecule has 0 atom stereocenters. The van der Waals surface area contributed by atoms with Gasteiger partial charge < -0.3 is 10.2 Å². The standard InChI is InChI=1S/C23H28N2O2/c1-23(2,3)20-12-10-18(11-13-20)21(26)24-16-17-6-8-19(9-7-17)22(27)25-14-4-5-15-25/h6-13H,4-5,14-16H2,1-3H3,(H,24,26). The van der Waals surface area contributed by atoms with E-state index in [2.05, 4.69) is 26.1 Å². The highest BCUT2D eigenvalue weighted by atomic mass is 16.2. The minimum absolute atomic E-state index is 0.0727. The largest absolute Gasteiger partial charge is 0.348 e. The number of nitrogens with one attached hydrogen (secondary N) is 1. The first-order valence-electron chi connectivity index (χ1n) is 9.61. The molecule has 0 bridgehead atoms. The molecule has 0 radical (unpaired) electrons. The van der Waals surface area contributed by atoms with E-state index < -0.39 is 0 Å². The maximum atomic E-state index is 12.4. The van der Waals surface area contributed by atoms with Crippen LogP contribution in [0.1, 0.15) is 65.5 Å². The van der Waals surface area contributed by atoms with E-state index in [1.807, 2.05) is 53.4 Å². The molecule has 1 aliphatic rings. The zero-order chi connectivity index (χ0) is 19.4. The molecule has 4 heteroatoms. The summed E-state index contributed by atoms with van der Waals surface area (Å²) in [5.41, 5.74) is 3.63.